The highest BCUT2D eigenvalue weighted by atomic mass is 127. The Bertz CT molecular complexity index is 305. The van der Waals surface area contributed by atoms with Crippen LogP contribution < -0.4 is 5.73 Å². The fourth-order valence-corrected chi connectivity index (χ4v) is 2.01. The van der Waals surface area contributed by atoms with E-state index in [0.29, 0.717) is 0 Å². The first-order chi connectivity index (χ1) is 5.70. The van der Waals surface area contributed by atoms with Gasteiger partial charge in [0.2, 0.25) is 0 Å². The Hall–Kier alpha value is -0.720. The zero-order valence-electron chi connectivity index (χ0n) is 6.66. The topological polar surface area (TPSA) is 44.9 Å². The van der Waals surface area contributed by atoms with E-state index in [4.69, 9.17) is 5.73 Å². The molecule has 0 unspecified atom stereocenters. The number of rotatable bonds is 0. The van der Waals surface area contributed by atoms with Crippen LogP contribution in [0.1, 0.15) is 0 Å². The maximum Gasteiger partial charge on any atom is 0.120 e. The molecule has 0 aromatic carbocycles. The number of fused-ring (bicyclic) bond motifs is 1. The van der Waals surface area contributed by atoms with E-state index in [1.807, 2.05) is 16.4 Å². The van der Waals surface area contributed by atoms with Crippen molar-refractivity contribution in [2.45, 2.75) is 0 Å². The van der Waals surface area contributed by atoms with Crippen molar-refractivity contribution < 1.29 is 0 Å². The monoisotopic (exact) mass is 276 g/mol. The molecule has 2 aliphatic rings. The van der Waals surface area contributed by atoms with E-state index >= 15 is 0 Å². The molecule has 2 heterocycles. The fraction of sp³-hybridized carbons (Fsp3) is 0.286. The van der Waals surface area contributed by atoms with Crippen LogP contribution in [-0.4, -0.2) is 27.9 Å². The van der Waals surface area contributed by atoms with Crippen molar-refractivity contribution >= 4 is 29.1 Å². The van der Waals surface area contributed by atoms with Crippen LogP contribution in [0.25, 0.3) is 0 Å². The predicted octanol–water partition coefficient (Wildman–Crippen LogP) is 0.637. The Kier molecular flexibility index (Phi) is 1.75. The molecule has 4 nitrogen and oxygen atoms in total. The van der Waals surface area contributed by atoms with Crippen LogP contribution in [0.4, 0.5) is 0 Å². The van der Waals surface area contributed by atoms with E-state index in [1.165, 1.54) is 0 Å². The molecule has 0 bridgehead atoms. The first-order valence-electron chi connectivity index (χ1n) is 3.58. The summed E-state index contributed by atoms with van der Waals surface area (Å²) in [5.74, 6) is 0.793. The van der Waals surface area contributed by atoms with Gasteiger partial charge >= 0.3 is 0 Å². The van der Waals surface area contributed by atoms with E-state index in [9.17, 15) is 0 Å². The van der Waals surface area contributed by atoms with Crippen LogP contribution in [0.3, 0.4) is 0 Å². The summed E-state index contributed by atoms with van der Waals surface area (Å²) in [7, 11) is 2.03. The molecule has 0 aliphatic carbocycles. The molecule has 0 aromatic heterocycles. The molecule has 64 valence electrons. The summed E-state index contributed by atoms with van der Waals surface area (Å²) in [6, 6.07) is 0. The summed E-state index contributed by atoms with van der Waals surface area (Å²) < 4.78 is 1.97. The van der Waals surface area contributed by atoms with Gasteiger partial charge in [0.25, 0.3) is 0 Å². The summed E-state index contributed by atoms with van der Waals surface area (Å²) in [6.07, 6.45) is 3.64. The molecule has 0 saturated carbocycles. The van der Waals surface area contributed by atoms with Gasteiger partial charge in [-0.05, 0) is 0 Å². The van der Waals surface area contributed by atoms with Gasteiger partial charge in [-0.2, -0.15) is 0 Å². The first-order valence-corrected chi connectivity index (χ1v) is 4.54. The second kappa shape index (κ2) is 2.65. The number of hydrogen-bond donors (Lipinski definition) is 1. The quantitative estimate of drug-likeness (QED) is 0.521. The molecule has 0 atom stereocenters. The SMILES string of the molecule is CN1CN(I)C(N)=C2C=NC=C21. The van der Waals surface area contributed by atoms with Gasteiger partial charge in [-0.3, -0.25) is 8.11 Å². The zero-order valence-corrected chi connectivity index (χ0v) is 8.82. The Morgan fingerprint density at radius 3 is 3.17 bits per heavy atom. The lowest BCUT2D eigenvalue weighted by molar-refractivity contribution is 0.324. The largest absolute Gasteiger partial charge is 0.384 e. The van der Waals surface area contributed by atoms with E-state index in [2.05, 4.69) is 32.8 Å². The third-order valence-corrected chi connectivity index (χ3v) is 2.79. The van der Waals surface area contributed by atoms with Crippen LogP contribution in [0.2, 0.25) is 0 Å². The summed E-state index contributed by atoms with van der Waals surface area (Å²) in [5.41, 5.74) is 8.00. The van der Waals surface area contributed by atoms with Crippen molar-refractivity contribution in [2.24, 2.45) is 10.7 Å². The minimum absolute atomic E-state index is 0.793. The van der Waals surface area contributed by atoms with E-state index < -0.39 is 0 Å². The maximum absolute atomic E-state index is 5.86. The Morgan fingerprint density at radius 2 is 2.42 bits per heavy atom. The first kappa shape index (κ1) is 7.90. The molecule has 0 aromatic rings. The number of aliphatic imine (C=N–C) groups is 1. The Balaban J connectivity index is 2.47. The number of nitrogens with two attached hydrogens (primary N) is 1. The van der Waals surface area contributed by atoms with Crippen LogP contribution >= 0.6 is 22.9 Å². The highest BCUT2D eigenvalue weighted by Crippen LogP contribution is 2.27. The molecular weight excluding hydrogens is 267 g/mol. The smallest absolute Gasteiger partial charge is 0.120 e. The molecular formula is C7H9IN4. The van der Waals surface area contributed by atoms with Crippen LogP contribution in [0.15, 0.2) is 28.3 Å². The summed E-state index contributed by atoms with van der Waals surface area (Å²) in [4.78, 5) is 6.18. The van der Waals surface area contributed by atoms with Crippen LogP contribution in [0, 0.1) is 0 Å². The van der Waals surface area contributed by atoms with Gasteiger partial charge in [-0.15, -0.1) is 0 Å². The van der Waals surface area contributed by atoms with Crippen LogP contribution in [0.5, 0.6) is 0 Å². The van der Waals surface area contributed by atoms with Gasteiger partial charge in [-0.1, -0.05) is 0 Å². The average Bonchev–Trinajstić information content (AvgIpc) is 2.48. The maximum atomic E-state index is 5.86. The molecule has 0 radical (unpaired) electrons. The van der Waals surface area contributed by atoms with Crippen LogP contribution in [-0.2, 0) is 0 Å². The summed E-state index contributed by atoms with van der Waals surface area (Å²) in [5, 5.41) is 0. The molecule has 12 heavy (non-hydrogen) atoms. The van der Waals surface area contributed by atoms with Gasteiger partial charge in [0, 0.05) is 13.3 Å². The Morgan fingerprint density at radius 1 is 1.67 bits per heavy atom. The van der Waals surface area contributed by atoms with Gasteiger partial charge in [-0.25, -0.2) is 0 Å². The van der Waals surface area contributed by atoms with Crippen molar-refractivity contribution in [3.05, 3.63) is 23.3 Å². The van der Waals surface area contributed by atoms with Gasteiger partial charge < -0.3 is 10.6 Å². The standard InChI is InChI=1S/C7H9IN4/c1-11-4-12(8)7(9)5-2-10-3-6(5)11/h2-3H,4,9H2,1H3. The van der Waals surface area contributed by atoms with Crippen molar-refractivity contribution in [1.82, 2.24) is 8.01 Å². The Labute approximate surface area is 84.9 Å². The molecule has 2 aliphatic heterocycles. The molecule has 5 heteroatoms. The lowest BCUT2D eigenvalue weighted by atomic mass is 10.2. The highest BCUT2D eigenvalue weighted by molar-refractivity contribution is 14.1. The van der Waals surface area contributed by atoms with Crippen molar-refractivity contribution in [2.75, 3.05) is 13.7 Å². The van der Waals surface area contributed by atoms with E-state index in [0.717, 1.165) is 23.8 Å². The molecule has 0 amide bonds. The van der Waals surface area contributed by atoms with Gasteiger partial charge in [0.15, 0.2) is 0 Å². The number of hydrogen-bond acceptors (Lipinski definition) is 4. The van der Waals surface area contributed by atoms with Crippen molar-refractivity contribution in [3.8, 4) is 0 Å². The fourth-order valence-electron chi connectivity index (χ4n) is 1.29. The van der Waals surface area contributed by atoms with Gasteiger partial charge in [0.05, 0.1) is 40.3 Å². The molecule has 2 N–H and O–H groups in total. The van der Waals surface area contributed by atoms with Gasteiger partial charge in [0.1, 0.15) is 12.5 Å². The van der Waals surface area contributed by atoms with Crippen molar-refractivity contribution in [3.63, 3.8) is 0 Å². The lowest BCUT2D eigenvalue weighted by Crippen LogP contribution is -2.37. The number of halogens is 1. The van der Waals surface area contributed by atoms with E-state index in [-0.39, 0.29) is 0 Å². The minimum Gasteiger partial charge on any atom is -0.384 e. The highest BCUT2D eigenvalue weighted by Gasteiger charge is 2.24. The predicted molar refractivity (Wildman–Crippen MR) is 56.3 cm³/mol. The molecule has 0 saturated heterocycles. The zero-order chi connectivity index (χ0) is 8.72. The normalized spacial score (nSPS) is 21.7. The minimum atomic E-state index is 0.793. The second-order valence-electron chi connectivity index (χ2n) is 2.79. The molecule has 0 spiro atoms. The third kappa shape index (κ3) is 0.996. The number of allylic oxidation sites excluding steroid dienone is 1. The van der Waals surface area contributed by atoms with E-state index in [1.54, 1.807) is 6.21 Å². The lowest BCUT2D eigenvalue weighted by Gasteiger charge is -2.33. The van der Waals surface area contributed by atoms with Crippen molar-refractivity contribution in [1.29, 1.82) is 0 Å². The number of nitrogens with zero attached hydrogens (tertiary/aromatic N) is 3. The third-order valence-electron chi connectivity index (χ3n) is 1.96. The average molecular weight is 276 g/mol. The molecule has 2 rings (SSSR count). The summed E-state index contributed by atoms with van der Waals surface area (Å²) in [6.45, 7) is 0.811. The number of likely N-dealkylation sites (N-methyl/N-ethyl adjacent to an activating group) is 1. The molecule has 0 fully saturated rings. The second-order valence-corrected chi connectivity index (χ2v) is 3.96. The summed E-state index contributed by atoms with van der Waals surface area (Å²) >= 11 is 2.19.